The summed E-state index contributed by atoms with van der Waals surface area (Å²) in [6.45, 7) is 4.61. The molecule has 0 radical (unpaired) electrons. The van der Waals surface area contributed by atoms with E-state index in [1.165, 1.54) is 11.3 Å². The number of rotatable bonds is 4. The zero-order chi connectivity index (χ0) is 16.1. The zero-order valence-electron chi connectivity index (χ0n) is 13.4. The quantitative estimate of drug-likeness (QED) is 0.518. The van der Waals surface area contributed by atoms with E-state index in [9.17, 15) is 0 Å². The number of hydrogen-bond acceptors (Lipinski definition) is 2. The molecule has 0 unspecified atom stereocenters. The van der Waals surface area contributed by atoms with E-state index in [-0.39, 0.29) is 0 Å². The van der Waals surface area contributed by atoms with Gasteiger partial charge in [-0.05, 0) is 42.3 Å². The Balaban J connectivity index is 1.58. The van der Waals surface area contributed by atoms with E-state index < -0.39 is 0 Å². The number of hydrogen-bond donors (Lipinski definition) is 2. The van der Waals surface area contributed by atoms with Gasteiger partial charge in [-0.15, -0.1) is 0 Å². The molecule has 0 atom stereocenters. The van der Waals surface area contributed by atoms with Gasteiger partial charge in [-0.3, -0.25) is 0 Å². The van der Waals surface area contributed by atoms with Crippen molar-refractivity contribution in [3.05, 3.63) is 71.8 Å². The molecule has 3 rings (SSSR count). The molecule has 0 fully saturated rings. The minimum absolute atomic E-state index is 0.434. The highest BCUT2D eigenvalue weighted by molar-refractivity contribution is 5.92. The van der Waals surface area contributed by atoms with Gasteiger partial charge < -0.3 is 16.0 Å². The van der Waals surface area contributed by atoms with Crippen LogP contribution in [0.3, 0.4) is 0 Å². The van der Waals surface area contributed by atoms with E-state index in [2.05, 4.69) is 64.6 Å². The summed E-state index contributed by atoms with van der Waals surface area (Å²) in [5.41, 5.74) is 10.5. The Morgan fingerprint density at radius 2 is 1.87 bits per heavy atom. The molecule has 2 aromatic carbocycles. The predicted molar refractivity (Wildman–Crippen MR) is 97.9 cm³/mol. The van der Waals surface area contributed by atoms with Gasteiger partial charge in [-0.25, -0.2) is 4.99 Å². The van der Waals surface area contributed by atoms with Crippen molar-refractivity contribution in [1.82, 2.24) is 0 Å². The summed E-state index contributed by atoms with van der Waals surface area (Å²) in [5, 5.41) is 3.12. The van der Waals surface area contributed by atoms with Crippen LogP contribution in [0.25, 0.3) is 0 Å². The standard InChI is InChI=1S/C19H22N4/c1-15-5-4-6-17(13-15)22-19(20)21-14-16-7-9-18(10-8-16)23-11-2-3-12-23/h2-10,13H,11-12,14H2,1H3,(H3,20,21,22). The van der Waals surface area contributed by atoms with Crippen LogP contribution in [0.15, 0.2) is 65.7 Å². The molecule has 0 aliphatic carbocycles. The average Bonchev–Trinajstić information content (AvgIpc) is 3.08. The molecule has 23 heavy (non-hydrogen) atoms. The summed E-state index contributed by atoms with van der Waals surface area (Å²) in [7, 11) is 0. The van der Waals surface area contributed by atoms with Gasteiger partial charge in [0.1, 0.15) is 0 Å². The minimum atomic E-state index is 0.434. The molecule has 3 N–H and O–H groups in total. The van der Waals surface area contributed by atoms with E-state index in [1.54, 1.807) is 0 Å². The van der Waals surface area contributed by atoms with E-state index >= 15 is 0 Å². The molecule has 1 heterocycles. The fourth-order valence-electron chi connectivity index (χ4n) is 2.59. The van der Waals surface area contributed by atoms with Gasteiger partial charge >= 0.3 is 0 Å². The number of aliphatic imine (C=N–C) groups is 1. The topological polar surface area (TPSA) is 53.6 Å². The maximum atomic E-state index is 5.96. The van der Waals surface area contributed by atoms with Gasteiger partial charge in [0.05, 0.1) is 6.54 Å². The number of guanidine groups is 1. The Labute approximate surface area is 137 Å². The second-order valence-corrected chi connectivity index (χ2v) is 5.74. The molecule has 4 heteroatoms. The van der Waals surface area contributed by atoms with E-state index in [4.69, 9.17) is 5.73 Å². The lowest BCUT2D eigenvalue weighted by Crippen LogP contribution is -2.22. The van der Waals surface area contributed by atoms with Gasteiger partial charge in [-0.2, -0.15) is 0 Å². The molecular weight excluding hydrogens is 284 g/mol. The third-order valence-corrected chi connectivity index (χ3v) is 3.84. The highest BCUT2D eigenvalue weighted by Gasteiger charge is 2.06. The SMILES string of the molecule is Cc1cccc(NC(N)=NCc2ccc(N3CC=CC3)cc2)c1. The van der Waals surface area contributed by atoms with Crippen LogP contribution in [0.4, 0.5) is 11.4 Å². The summed E-state index contributed by atoms with van der Waals surface area (Å²) in [4.78, 5) is 6.72. The molecule has 0 saturated heterocycles. The second kappa shape index (κ2) is 7.01. The van der Waals surface area contributed by atoms with Crippen LogP contribution in [0.1, 0.15) is 11.1 Å². The first-order chi connectivity index (χ1) is 11.2. The smallest absolute Gasteiger partial charge is 0.193 e. The highest BCUT2D eigenvalue weighted by Crippen LogP contribution is 2.18. The Hall–Kier alpha value is -2.75. The zero-order valence-corrected chi connectivity index (χ0v) is 13.4. The van der Waals surface area contributed by atoms with Crippen molar-refractivity contribution in [3.63, 3.8) is 0 Å². The predicted octanol–water partition coefficient (Wildman–Crippen LogP) is 3.30. The minimum Gasteiger partial charge on any atom is -0.370 e. The number of nitrogens with two attached hydrogens (primary N) is 1. The van der Waals surface area contributed by atoms with Crippen LogP contribution in [-0.4, -0.2) is 19.0 Å². The lowest BCUT2D eigenvalue weighted by molar-refractivity contribution is 1.000. The molecule has 0 saturated carbocycles. The molecule has 2 aromatic rings. The summed E-state index contributed by atoms with van der Waals surface area (Å²) in [6.07, 6.45) is 4.38. The maximum Gasteiger partial charge on any atom is 0.193 e. The molecule has 1 aliphatic rings. The Bertz CT molecular complexity index is 708. The molecule has 0 aromatic heterocycles. The molecule has 0 spiro atoms. The van der Waals surface area contributed by atoms with Crippen LogP contribution >= 0.6 is 0 Å². The van der Waals surface area contributed by atoms with Crippen molar-refractivity contribution >= 4 is 17.3 Å². The first-order valence-corrected chi connectivity index (χ1v) is 7.83. The molecular formula is C19H22N4. The van der Waals surface area contributed by atoms with Crippen LogP contribution in [0.2, 0.25) is 0 Å². The molecule has 1 aliphatic heterocycles. The number of benzene rings is 2. The highest BCUT2D eigenvalue weighted by atomic mass is 15.1. The van der Waals surface area contributed by atoms with Crippen LogP contribution in [0.5, 0.6) is 0 Å². The summed E-state index contributed by atoms with van der Waals surface area (Å²) >= 11 is 0. The summed E-state index contributed by atoms with van der Waals surface area (Å²) < 4.78 is 0. The van der Waals surface area contributed by atoms with Crippen LogP contribution in [0, 0.1) is 6.92 Å². The van der Waals surface area contributed by atoms with E-state index in [1.807, 2.05) is 18.2 Å². The number of anilines is 2. The first kappa shape index (κ1) is 15.2. The van der Waals surface area contributed by atoms with Gasteiger partial charge in [0.15, 0.2) is 5.96 Å². The average molecular weight is 306 g/mol. The maximum absolute atomic E-state index is 5.96. The van der Waals surface area contributed by atoms with Crippen LogP contribution < -0.4 is 16.0 Å². The fourth-order valence-corrected chi connectivity index (χ4v) is 2.59. The second-order valence-electron chi connectivity index (χ2n) is 5.74. The lowest BCUT2D eigenvalue weighted by Gasteiger charge is -2.17. The van der Waals surface area contributed by atoms with Gasteiger partial charge in [0, 0.05) is 24.5 Å². The Morgan fingerprint density at radius 3 is 2.57 bits per heavy atom. The normalized spacial score (nSPS) is 14.3. The van der Waals surface area contributed by atoms with Crippen molar-refractivity contribution in [2.24, 2.45) is 10.7 Å². The van der Waals surface area contributed by atoms with Crippen LogP contribution in [-0.2, 0) is 6.54 Å². The fraction of sp³-hybridized carbons (Fsp3) is 0.211. The Morgan fingerprint density at radius 1 is 1.13 bits per heavy atom. The largest absolute Gasteiger partial charge is 0.370 e. The van der Waals surface area contributed by atoms with Crippen molar-refractivity contribution in [2.45, 2.75) is 13.5 Å². The summed E-state index contributed by atoms with van der Waals surface area (Å²) in [6, 6.07) is 16.6. The molecule has 0 amide bonds. The first-order valence-electron chi connectivity index (χ1n) is 7.83. The summed E-state index contributed by atoms with van der Waals surface area (Å²) in [5.74, 6) is 0.434. The van der Waals surface area contributed by atoms with Crippen molar-refractivity contribution < 1.29 is 0 Å². The third kappa shape index (κ3) is 4.13. The Kier molecular flexibility index (Phi) is 4.62. The van der Waals surface area contributed by atoms with Gasteiger partial charge in [-0.1, -0.05) is 36.4 Å². The van der Waals surface area contributed by atoms with E-state index in [0.717, 1.165) is 24.3 Å². The van der Waals surface area contributed by atoms with E-state index in [0.29, 0.717) is 12.5 Å². The molecule has 0 bridgehead atoms. The lowest BCUT2D eigenvalue weighted by atomic mass is 10.2. The number of nitrogens with one attached hydrogen (secondary N) is 1. The molecule has 118 valence electrons. The monoisotopic (exact) mass is 306 g/mol. The third-order valence-electron chi connectivity index (χ3n) is 3.84. The number of nitrogens with zero attached hydrogens (tertiary/aromatic N) is 2. The number of aryl methyl sites for hydroxylation is 1. The van der Waals surface area contributed by atoms with Gasteiger partial charge in [0.2, 0.25) is 0 Å². The van der Waals surface area contributed by atoms with Gasteiger partial charge in [0.25, 0.3) is 0 Å². The van der Waals surface area contributed by atoms with Crippen molar-refractivity contribution in [3.8, 4) is 0 Å². The van der Waals surface area contributed by atoms with Crippen molar-refractivity contribution in [2.75, 3.05) is 23.3 Å². The van der Waals surface area contributed by atoms with Crippen molar-refractivity contribution in [1.29, 1.82) is 0 Å². The molecule has 4 nitrogen and oxygen atoms in total.